The Labute approximate surface area is 142 Å². The standard InChI is InChI=1S/C15H15N5OS2/c1-10-3-5-12(6-4-10)20-9-17-19-15(20)22-8-13(21)18-14-16-7-11(2)23-14/h3-7,9H,8H2,1-2H3,(H,16,18,21). The second kappa shape index (κ2) is 6.93. The molecule has 0 unspecified atom stereocenters. The van der Waals surface area contributed by atoms with Gasteiger partial charge < -0.3 is 5.32 Å². The van der Waals surface area contributed by atoms with Gasteiger partial charge in [-0.25, -0.2) is 4.98 Å². The van der Waals surface area contributed by atoms with Gasteiger partial charge in [-0.1, -0.05) is 29.5 Å². The molecular formula is C15H15N5OS2. The summed E-state index contributed by atoms with van der Waals surface area (Å²) in [6, 6.07) is 8.06. The number of nitrogens with zero attached hydrogens (tertiary/aromatic N) is 4. The Morgan fingerprint density at radius 3 is 2.78 bits per heavy atom. The zero-order chi connectivity index (χ0) is 16.2. The maximum absolute atomic E-state index is 12.0. The molecular weight excluding hydrogens is 330 g/mol. The van der Waals surface area contributed by atoms with Crippen molar-refractivity contribution in [3.05, 3.63) is 47.2 Å². The van der Waals surface area contributed by atoms with Gasteiger partial charge in [-0.2, -0.15) is 0 Å². The van der Waals surface area contributed by atoms with Crippen LogP contribution in [0.3, 0.4) is 0 Å². The van der Waals surface area contributed by atoms with Crippen LogP contribution in [0.2, 0.25) is 0 Å². The van der Waals surface area contributed by atoms with E-state index < -0.39 is 0 Å². The van der Waals surface area contributed by atoms with Gasteiger partial charge in [0.2, 0.25) is 5.91 Å². The number of anilines is 1. The largest absolute Gasteiger partial charge is 0.301 e. The minimum atomic E-state index is -0.109. The highest BCUT2D eigenvalue weighted by Crippen LogP contribution is 2.21. The molecule has 0 radical (unpaired) electrons. The lowest BCUT2D eigenvalue weighted by molar-refractivity contribution is -0.113. The molecule has 1 N–H and O–H groups in total. The number of amides is 1. The molecule has 23 heavy (non-hydrogen) atoms. The van der Waals surface area contributed by atoms with Crippen LogP contribution in [0.4, 0.5) is 5.13 Å². The zero-order valence-corrected chi connectivity index (χ0v) is 14.3. The Balaban J connectivity index is 1.64. The molecule has 3 rings (SSSR count). The average molecular weight is 345 g/mol. The molecule has 2 heterocycles. The van der Waals surface area contributed by atoms with Gasteiger partial charge in [0, 0.05) is 16.8 Å². The number of carbonyl (C=O) groups is 1. The molecule has 0 fully saturated rings. The minimum Gasteiger partial charge on any atom is -0.301 e. The Morgan fingerprint density at radius 1 is 1.30 bits per heavy atom. The molecule has 0 aliphatic rings. The van der Waals surface area contributed by atoms with Crippen molar-refractivity contribution in [1.29, 1.82) is 0 Å². The van der Waals surface area contributed by atoms with Gasteiger partial charge >= 0.3 is 0 Å². The Morgan fingerprint density at radius 2 is 2.09 bits per heavy atom. The third-order valence-corrected chi connectivity index (χ3v) is 4.80. The first-order valence-electron chi connectivity index (χ1n) is 6.94. The van der Waals surface area contributed by atoms with Crippen molar-refractivity contribution in [1.82, 2.24) is 19.7 Å². The molecule has 0 aliphatic carbocycles. The van der Waals surface area contributed by atoms with Crippen LogP contribution in [0.5, 0.6) is 0 Å². The number of nitrogens with one attached hydrogen (secondary N) is 1. The van der Waals surface area contributed by atoms with E-state index in [-0.39, 0.29) is 11.7 Å². The Bertz CT molecular complexity index is 809. The van der Waals surface area contributed by atoms with Crippen LogP contribution < -0.4 is 5.32 Å². The number of hydrogen-bond acceptors (Lipinski definition) is 6. The van der Waals surface area contributed by atoms with Crippen molar-refractivity contribution >= 4 is 34.1 Å². The first-order valence-corrected chi connectivity index (χ1v) is 8.74. The van der Waals surface area contributed by atoms with Crippen molar-refractivity contribution in [2.75, 3.05) is 11.1 Å². The van der Waals surface area contributed by atoms with E-state index in [1.165, 1.54) is 28.7 Å². The lowest BCUT2D eigenvalue weighted by Crippen LogP contribution is -2.14. The van der Waals surface area contributed by atoms with Gasteiger partial charge in [0.05, 0.1) is 5.75 Å². The molecule has 118 valence electrons. The minimum absolute atomic E-state index is 0.109. The summed E-state index contributed by atoms with van der Waals surface area (Å²) in [5, 5.41) is 12.1. The summed E-state index contributed by atoms with van der Waals surface area (Å²) in [6.07, 6.45) is 3.39. The van der Waals surface area contributed by atoms with E-state index in [0.29, 0.717) is 10.3 Å². The van der Waals surface area contributed by atoms with E-state index in [2.05, 4.69) is 20.5 Å². The summed E-state index contributed by atoms with van der Waals surface area (Å²) in [7, 11) is 0. The van der Waals surface area contributed by atoms with E-state index in [1.807, 2.05) is 42.7 Å². The molecule has 6 nitrogen and oxygen atoms in total. The quantitative estimate of drug-likeness (QED) is 0.720. The SMILES string of the molecule is Cc1ccc(-n2cnnc2SCC(=O)Nc2ncc(C)s2)cc1. The maximum atomic E-state index is 12.0. The molecule has 1 amide bonds. The van der Waals surface area contributed by atoms with Crippen LogP contribution in [0.25, 0.3) is 5.69 Å². The first-order chi connectivity index (χ1) is 11.1. The number of benzene rings is 1. The van der Waals surface area contributed by atoms with Crippen LogP contribution in [0.1, 0.15) is 10.4 Å². The van der Waals surface area contributed by atoms with Gasteiger partial charge in [-0.15, -0.1) is 21.5 Å². The predicted octanol–water partition coefficient (Wildman–Crippen LogP) is 3.07. The number of thioether (sulfide) groups is 1. The third-order valence-electron chi connectivity index (χ3n) is 3.03. The number of rotatable bonds is 5. The number of aryl methyl sites for hydroxylation is 2. The van der Waals surface area contributed by atoms with Gasteiger partial charge in [-0.05, 0) is 26.0 Å². The highest BCUT2D eigenvalue weighted by atomic mass is 32.2. The predicted molar refractivity (Wildman–Crippen MR) is 92.3 cm³/mol. The van der Waals surface area contributed by atoms with Crippen LogP contribution in [-0.2, 0) is 4.79 Å². The van der Waals surface area contributed by atoms with Crippen LogP contribution in [-0.4, -0.2) is 31.4 Å². The fourth-order valence-electron chi connectivity index (χ4n) is 1.90. The highest BCUT2D eigenvalue weighted by Gasteiger charge is 2.11. The van der Waals surface area contributed by atoms with Crippen LogP contribution in [0.15, 0.2) is 41.9 Å². The summed E-state index contributed by atoms with van der Waals surface area (Å²) >= 11 is 2.80. The Kier molecular flexibility index (Phi) is 4.73. The second-order valence-corrected chi connectivity index (χ2v) is 7.11. The molecule has 3 aromatic rings. The van der Waals surface area contributed by atoms with Gasteiger partial charge in [0.15, 0.2) is 10.3 Å². The molecule has 0 bridgehead atoms. The van der Waals surface area contributed by atoms with E-state index in [1.54, 1.807) is 12.5 Å². The molecule has 0 saturated heterocycles. The lowest BCUT2D eigenvalue weighted by atomic mass is 10.2. The van der Waals surface area contributed by atoms with Gasteiger partial charge in [0.25, 0.3) is 0 Å². The van der Waals surface area contributed by atoms with Gasteiger partial charge in [-0.3, -0.25) is 9.36 Å². The first kappa shape index (κ1) is 15.7. The second-order valence-electron chi connectivity index (χ2n) is 4.93. The number of carbonyl (C=O) groups excluding carboxylic acids is 1. The normalized spacial score (nSPS) is 10.7. The molecule has 2 aromatic heterocycles. The average Bonchev–Trinajstić information content (AvgIpc) is 3.15. The zero-order valence-electron chi connectivity index (χ0n) is 12.7. The monoisotopic (exact) mass is 345 g/mol. The summed E-state index contributed by atoms with van der Waals surface area (Å²) in [4.78, 5) is 17.2. The summed E-state index contributed by atoms with van der Waals surface area (Å²) in [5.74, 6) is 0.145. The van der Waals surface area contributed by atoms with E-state index >= 15 is 0 Å². The van der Waals surface area contributed by atoms with Crippen molar-refractivity contribution in [3.8, 4) is 5.69 Å². The summed E-state index contributed by atoms with van der Waals surface area (Å²) in [6.45, 7) is 3.99. The maximum Gasteiger partial charge on any atom is 0.236 e. The molecule has 0 atom stereocenters. The number of aromatic nitrogens is 4. The van der Waals surface area contributed by atoms with Crippen LogP contribution >= 0.6 is 23.1 Å². The molecule has 0 spiro atoms. The number of hydrogen-bond donors (Lipinski definition) is 1. The lowest BCUT2D eigenvalue weighted by Gasteiger charge is -2.06. The van der Waals surface area contributed by atoms with Crippen molar-refractivity contribution in [2.24, 2.45) is 0 Å². The highest BCUT2D eigenvalue weighted by molar-refractivity contribution is 7.99. The molecule has 0 aliphatic heterocycles. The van der Waals surface area contributed by atoms with Crippen molar-refractivity contribution in [2.45, 2.75) is 19.0 Å². The number of thiazole rings is 1. The van der Waals surface area contributed by atoms with E-state index in [9.17, 15) is 4.79 Å². The molecule has 0 saturated carbocycles. The van der Waals surface area contributed by atoms with Crippen molar-refractivity contribution < 1.29 is 4.79 Å². The van der Waals surface area contributed by atoms with E-state index in [0.717, 1.165) is 10.6 Å². The van der Waals surface area contributed by atoms with E-state index in [4.69, 9.17) is 0 Å². The third kappa shape index (κ3) is 3.96. The fourth-order valence-corrected chi connectivity index (χ4v) is 3.31. The molecule has 1 aromatic carbocycles. The van der Waals surface area contributed by atoms with Gasteiger partial charge in [0.1, 0.15) is 6.33 Å². The summed E-state index contributed by atoms with van der Waals surface area (Å²) < 4.78 is 1.87. The van der Waals surface area contributed by atoms with Crippen molar-refractivity contribution in [3.63, 3.8) is 0 Å². The topological polar surface area (TPSA) is 72.7 Å². The molecule has 8 heteroatoms. The van der Waals surface area contributed by atoms with Crippen LogP contribution in [0, 0.1) is 13.8 Å². The fraction of sp³-hybridized carbons (Fsp3) is 0.200. The smallest absolute Gasteiger partial charge is 0.236 e. The Hall–Kier alpha value is -2.19. The summed E-state index contributed by atoms with van der Waals surface area (Å²) in [5.41, 5.74) is 2.16.